The van der Waals surface area contributed by atoms with Crippen LogP contribution in [0.15, 0.2) is 78.9 Å². The van der Waals surface area contributed by atoms with Gasteiger partial charge < -0.3 is 20.2 Å². The van der Waals surface area contributed by atoms with Gasteiger partial charge in [0.2, 0.25) is 0 Å². The maximum absolute atomic E-state index is 13.0. The van der Waals surface area contributed by atoms with E-state index >= 15 is 0 Å². The molecule has 5 nitrogen and oxygen atoms in total. The Morgan fingerprint density at radius 3 is 2.30 bits per heavy atom. The zero-order valence-corrected chi connectivity index (χ0v) is 17.2. The van der Waals surface area contributed by atoms with Gasteiger partial charge in [0.05, 0.1) is 31.9 Å². The van der Waals surface area contributed by atoms with Crippen molar-refractivity contribution in [2.75, 3.05) is 36.4 Å². The summed E-state index contributed by atoms with van der Waals surface area (Å²) >= 11 is 0. The molecule has 3 aromatic carbocycles. The number of rotatable bonds is 5. The number of nitrogens with zero attached hydrogens (tertiary/aromatic N) is 1. The molecule has 3 aromatic rings. The number of amides is 1. The van der Waals surface area contributed by atoms with Crippen LogP contribution >= 0.6 is 0 Å². The molecule has 1 aliphatic heterocycles. The van der Waals surface area contributed by atoms with Gasteiger partial charge in [0.1, 0.15) is 5.75 Å². The summed E-state index contributed by atoms with van der Waals surface area (Å²) in [5.41, 5.74) is 3.82. The SMILES string of the molecule is C[C@@H](C(=O)Nc1ccccc1-c1ccccc1)[NH+]1CCN(c2ccccc2O)CC1. The number of para-hydroxylation sites is 3. The average molecular weight is 403 g/mol. The Bertz CT molecular complexity index is 998. The fourth-order valence-electron chi connectivity index (χ4n) is 4.09. The standard InChI is InChI=1S/C25H27N3O2/c1-19(27-15-17-28(18-16-27)23-13-7-8-14-24(23)29)25(30)26-22-12-6-5-11-21(22)20-9-3-2-4-10-20/h2-14,19,29H,15-18H2,1H3,(H,26,30)/p+1/t19-/m0/s1. The van der Waals surface area contributed by atoms with Gasteiger partial charge in [0.25, 0.3) is 5.91 Å². The second-order valence-corrected chi connectivity index (χ2v) is 7.76. The Hall–Kier alpha value is -3.31. The van der Waals surface area contributed by atoms with Crippen LogP contribution in [0, 0.1) is 0 Å². The number of piperazine rings is 1. The molecular formula is C25H28N3O2+. The van der Waals surface area contributed by atoms with E-state index in [1.165, 1.54) is 4.90 Å². The minimum atomic E-state index is -0.152. The third-order valence-electron chi connectivity index (χ3n) is 5.90. The van der Waals surface area contributed by atoms with E-state index in [0.717, 1.165) is 48.7 Å². The highest BCUT2D eigenvalue weighted by Gasteiger charge is 2.30. The molecule has 1 fully saturated rings. The summed E-state index contributed by atoms with van der Waals surface area (Å²) in [6.45, 7) is 5.31. The third kappa shape index (κ3) is 4.31. The summed E-state index contributed by atoms with van der Waals surface area (Å²) in [5, 5.41) is 13.2. The summed E-state index contributed by atoms with van der Waals surface area (Å²) in [7, 11) is 0. The monoisotopic (exact) mass is 402 g/mol. The fourth-order valence-corrected chi connectivity index (χ4v) is 4.09. The van der Waals surface area contributed by atoms with Crippen molar-refractivity contribution in [2.24, 2.45) is 0 Å². The number of carbonyl (C=O) groups is 1. The highest BCUT2D eigenvalue weighted by molar-refractivity contribution is 5.97. The van der Waals surface area contributed by atoms with E-state index in [4.69, 9.17) is 0 Å². The number of hydrogen-bond donors (Lipinski definition) is 3. The van der Waals surface area contributed by atoms with Crippen LogP contribution in [0.3, 0.4) is 0 Å². The molecule has 3 N–H and O–H groups in total. The predicted molar refractivity (Wildman–Crippen MR) is 121 cm³/mol. The molecule has 0 saturated carbocycles. The van der Waals surface area contributed by atoms with Gasteiger partial charge in [-0.1, -0.05) is 60.7 Å². The lowest BCUT2D eigenvalue weighted by molar-refractivity contribution is -0.914. The summed E-state index contributed by atoms with van der Waals surface area (Å²) in [4.78, 5) is 16.5. The van der Waals surface area contributed by atoms with Crippen LogP contribution in [0.2, 0.25) is 0 Å². The van der Waals surface area contributed by atoms with Crippen molar-refractivity contribution in [3.05, 3.63) is 78.9 Å². The van der Waals surface area contributed by atoms with Crippen molar-refractivity contribution in [3.8, 4) is 16.9 Å². The average Bonchev–Trinajstić information content (AvgIpc) is 2.80. The number of benzene rings is 3. The maximum atomic E-state index is 13.0. The lowest BCUT2D eigenvalue weighted by atomic mass is 10.0. The van der Waals surface area contributed by atoms with Crippen LogP contribution in [0.1, 0.15) is 6.92 Å². The minimum Gasteiger partial charge on any atom is -0.506 e. The highest BCUT2D eigenvalue weighted by atomic mass is 16.3. The first-order valence-corrected chi connectivity index (χ1v) is 10.5. The fraction of sp³-hybridized carbons (Fsp3) is 0.240. The number of phenols is 1. The lowest BCUT2D eigenvalue weighted by Crippen LogP contribution is -3.19. The molecule has 1 saturated heterocycles. The van der Waals surface area contributed by atoms with E-state index < -0.39 is 0 Å². The molecule has 1 aliphatic rings. The van der Waals surface area contributed by atoms with Gasteiger partial charge in [-0.25, -0.2) is 0 Å². The van der Waals surface area contributed by atoms with Crippen LogP contribution in [-0.2, 0) is 4.79 Å². The summed E-state index contributed by atoms with van der Waals surface area (Å²) in [6.07, 6.45) is 0. The Balaban J connectivity index is 1.40. The first-order chi connectivity index (χ1) is 14.6. The van der Waals surface area contributed by atoms with Gasteiger partial charge >= 0.3 is 0 Å². The quantitative estimate of drug-likeness (QED) is 0.615. The smallest absolute Gasteiger partial charge is 0.282 e. The van der Waals surface area contributed by atoms with E-state index in [1.807, 2.05) is 67.6 Å². The molecule has 1 heterocycles. The predicted octanol–water partition coefficient (Wildman–Crippen LogP) is 2.79. The molecule has 30 heavy (non-hydrogen) atoms. The summed E-state index contributed by atoms with van der Waals surface area (Å²) in [6, 6.07) is 25.3. The van der Waals surface area contributed by atoms with Gasteiger partial charge in [0.15, 0.2) is 6.04 Å². The third-order valence-corrected chi connectivity index (χ3v) is 5.90. The molecule has 0 unspecified atom stereocenters. The van der Waals surface area contributed by atoms with E-state index in [2.05, 4.69) is 22.3 Å². The second kappa shape index (κ2) is 9.01. The molecule has 1 atom stereocenters. The van der Waals surface area contributed by atoms with Gasteiger partial charge in [-0.3, -0.25) is 4.79 Å². The molecular weight excluding hydrogens is 374 g/mol. The van der Waals surface area contributed by atoms with Crippen molar-refractivity contribution in [1.82, 2.24) is 0 Å². The first-order valence-electron chi connectivity index (χ1n) is 10.5. The minimum absolute atomic E-state index is 0.0318. The van der Waals surface area contributed by atoms with Crippen LogP contribution in [0.5, 0.6) is 5.75 Å². The van der Waals surface area contributed by atoms with Crippen molar-refractivity contribution in [2.45, 2.75) is 13.0 Å². The molecule has 0 aromatic heterocycles. The number of hydrogen-bond acceptors (Lipinski definition) is 3. The number of phenolic OH excluding ortho intramolecular Hbond substituents is 1. The van der Waals surface area contributed by atoms with E-state index in [1.54, 1.807) is 6.07 Å². The number of anilines is 2. The van der Waals surface area contributed by atoms with Crippen LogP contribution < -0.4 is 15.1 Å². The Morgan fingerprint density at radius 1 is 0.933 bits per heavy atom. The Kier molecular flexibility index (Phi) is 6.00. The van der Waals surface area contributed by atoms with Crippen molar-refractivity contribution in [3.63, 3.8) is 0 Å². The van der Waals surface area contributed by atoms with Gasteiger partial charge in [-0.05, 0) is 30.7 Å². The first kappa shape index (κ1) is 20.0. The normalized spacial score (nSPS) is 15.6. The highest BCUT2D eigenvalue weighted by Crippen LogP contribution is 2.28. The largest absolute Gasteiger partial charge is 0.506 e. The topological polar surface area (TPSA) is 57.0 Å². The van der Waals surface area contributed by atoms with E-state index in [-0.39, 0.29) is 11.9 Å². The molecule has 0 bridgehead atoms. The Morgan fingerprint density at radius 2 is 1.57 bits per heavy atom. The van der Waals surface area contributed by atoms with Crippen molar-refractivity contribution >= 4 is 17.3 Å². The summed E-state index contributed by atoms with van der Waals surface area (Å²) < 4.78 is 0. The molecule has 5 heteroatoms. The van der Waals surface area contributed by atoms with Gasteiger partial charge in [-0.2, -0.15) is 0 Å². The van der Waals surface area contributed by atoms with Crippen LogP contribution in [-0.4, -0.2) is 43.2 Å². The van der Waals surface area contributed by atoms with Gasteiger partial charge in [-0.15, -0.1) is 0 Å². The van der Waals surface area contributed by atoms with E-state index in [0.29, 0.717) is 5.75 Å². The number of aromatic hydroxyl groups is 1. The number of quaternary nitrogens is 1. The zero-order chi connectivity index (χ0) is 20.9. The zero-order valence-electron chi connectivity index (χ0n) is 17.2. The lowest BCUT2D eigenvalue weighted by Gasteiger charge is -2.36. The summed E-state index contributed by atoms with van der Waals surface area (Å²) in [5.74, 6) is 0.341. The van der Waals surface area contributed by atoms with Gasteiger partial charge in [0, 0.05) is 11.3 Å². The molecule has 4 rings (SSSR count). The molecule has 1 amide bonds. The molecule has 0 aliphatic carbocycles. The molecule has 154 valence electrons. The molecule has 0 spiro atoms. The number of carbonyl (C=O) groups excluding carboxylic acids is 1. The van der Waals surface area contributed by atoms with Crippen molar-refractivity contribution in [1.29, 1.82) is 0 Å². The molecule has 0 radical (unpaired) electrons. The van der Waals surface area contributed by atoms with E-state index in [9.17, 15) is 9.90 Å². The van der Waals surface area contributed by atoms with Crippen molar-refractivity contribution < 1.29 is 14.8 Å². The van der Waals surface area contributed by atoms with Crippen LogP contribution in [0.4, 0.5) is 11.4 Å². The second-order valence-electron chi connectivity index (χ2n) is 7.76. The maximum Gasteiger partial charge on any atom is 0.282 e. The van der Waals surface area contributed by atoms with Crippen LogP contribution in [0.25, 0.3) is 11.1 Å². The Labute approximate surface area is 177 Å². The number of nitrogens with one attached hydrogen (secondary N) is 2.